The molecule has 0 bridgehead atoms. The third-order valence-corrected chi connectivity index (χ3v) is 7.54. The number of carbonyl (C=O) groups excluding carboxylic acids is 1. The van der Waals surface area contributed by atoms with Crippen molar-refractivity contribution in [2.75, 3.05) is 12.9 Å². The lowest BCUT2D eigenvalue weighted by molar-refractivity contribution is -0.136. The molecule has 1 aliphatic carbocycles. The molecule has 0 saturated carbocycles. The van der Waals surface area contributed by atoms with Crippen LogP contribution in [0.4, 0.5) is 0 Å². The molecular weight excluding hydrogens is 528 g/mol. The number of thioether (sulfide) groups is 1. The largest absolute Gasteiger partial charge is 0.466 e. The predicted molar refractivity (Wildman–Crippen MR) is 135 cm³/mol. The lowest BCUT2D eigenvalue weighted by Crippen LogP contribution is -2.26. The Balaban J connectivity index is 1.75. The van der Waals surface area contributed by atoms with Crippen molar-refractivity contribution in [1.29, 1.82) is 10.5 Å². The molecule has 2 aliphatic rings. The van der Waals surface area contributed by atoms with Crippen LogP contribution in [-0.4, -0.2) is 23.8 Å². The minimum atomic E-state index is -0.746. The molecule has 0 amide bonds. The topological polar surface area (TPSA) is 122 Å². The highest BCUT2D eigenvalue weighted by Crippen LogP contribution is 2.41. The van der Waals surface area contributed by atoms with Gasteiger partial charge < -0.3 is 15.2 Å². The predicted octanol–water partition coefficient (Wildman–Crippen LogP) is 5.01. The van der Waals surface area contributed by atoms with Crippen molar-refractivity contribution in [2.24, 2.45) is 5.73 Å². The summed E-state index contributed by atoms with van der Waals surface area (Å²) in [7, 11) is 1.29. The van der Waals surface area contributed by atoms with Crippen LogP contribution in [0.3, 0.4) is 0 Å². The second-order valence-corrected chi connectivity index (χ2v) is 10.1. The van der Waals surface area contributed by atoms with Gasteiger partial charge in [-0.1, -0.05) is 46.2 Å². The van der Waals surface area contributed by atoms with Crippen molar-refractivity contribution < 1.29 is 14.3 Å². The maximum atomic E-state index is 13.0. The van der Waals surface area contributed by atoms with Gasteiger partial charge in [0.15, 0.2) is 0 Å². The van der Waals surface area contributed by atoms with E-state index in [4.69, 9.17) is 20.2 Å². The van der Waals surface area contributed by atoms with Crippen molar-refractivity contribution >= 4 is 33.7 Å². The van der Waals surface area contributed by atoms with Crippen LogP contribution in [0.15, 0.2) is 62.6 Å². The molecule has 178 valence electrons. The van der Waals surface area contributed by atoms with Gasteiger partial charge in [0.25, 0.3) is 0 Å². The number of esters is 1. The Hall–Kier alpha value is -3.27. The first-order chi connectivity index (χ1) is 17.0. The molecule has 35 heavy (non-hydrogen) atoms. The van der Waals surface area contributed by atoms with Gasteiger partial charge in [0.1, 0.15) is 28.5 Å². The molecule has 1 unspecified atom stereocenters. The summed E-state index contributed by atoms with van der Waals surface area (Å²) in [6, 6.07) is 13.6. The van der Waals surface area contributed by atoms with Gasteiger partial charge in [-0.25, -0.2) is 9.78 Å². The standard InChI is InChI=1S/C26H23BrN4O3S/c1-33-26(32)23-21(34-24(30)19(13-29)22(23)16-7-5-8-18(27)11-16)14-35-25-17(12-28)10-15-6-3-2-4-9-20(15)31-25/h5,7-8,10-11,22H,2-4,6,9,14,30H2,1H3. The summed E-state index contributed by atoms with van der Waals surface area (Å²) in [5.74, 6) is -0.944. The molecule has 4 rings (SSSR count). The van der Waals surface area contributed by atoms with E-state index >= 15 is 0 Å². The van der Waals surface area contributed by atoms with Gasteiger partial charge in [-0.15, -0.1) is 0 Å². The second kappa shape index (κ2) is 11.0. The number of nitriles is 2. The maximum absolute atomic E-state index is 13.0. The zero-order valence-corrected chi connectivity index (χ0v) is 21.5. The van der Waals surface area contributed by atoms with E-state index in [0.29, 0.717) is 16.2 Å². The number of carbonyl (C=O) groups is 1. The van der Waals surface area contributed by atoms with Crippen LogP contribution in [0.25, 0.3) is 0 Å². The highest BCUT2D eigenvalue weighted by atomic mass is 79.9. The van der Waals surface area contributed by atoms with Gasteiger partial charge in [0.2, 0.25) is 5.88 Å². The number of nitrogens with two attached hydrogens (primary N) is 1. The molecular formula is C26H23BrN4O3S. The smallest absolute Gasteiger partial charge is 0.338 e. The molecule has 1 aliphatic heterocycles. The molecule has 1 aromatic heterocycles. The average molecular weight is 551 g/mol. The van der Waals surface area contributed by atoms with E-state index in [2.05, 4.69) is 28.1 Å². The molecule has 7 nitrogen and oxygen atoms in total. The Morgan fingerprint density at radius 3 is 2.77 bits per heavy atom. The minimum Gasteiger partial charge on any atom is -0.466 e. The third kappa shape index (κ3) is 5.22. The number of rotatable bonds is 5. The first-order valence-corrected chi connectivity index (χ1v) is 12.9. The number of hydrogen-bond acceptors (Lipinski definition) is 8. The van der Waals surface area contributed by atoms with Gasteiger partial charge in [-0.05, 0) is 55.0 Å². The van der Waals surface area contributed by atoms with Gasteiger partial charge >= 0.3 is 5.97 Å². The van der Waals surface area contributed by atoms with Crippen molar-refractivity contribution in [3.63, 3.8) is 0 Å². The van der Waals surface area contributed by atoms with E-state index in [1.807, 2.05) is 30.3 Å². The Morgan fingerprint density at radius 2 is 2.06 bits per heavy atom. The Bertz CT molecular complexity index is 1320. The first-order valence-electron chi connectivity index (χ1n) is 11.2. The number of fused-ring (bicyclic) bond motifs is 1. The van der Waals surface area contributed by atoms with Gasteiger partial charge in [0, 0.05) is 10.2 Å². The zero-order chi connectivity index (χ0) is 24.9. The van der Waals surface area contributed by atoms with Gasteiger partial charge in [-0.2, -0.15) is 10.5 Å². The molecule has 9 heteroatoms. The normalized spacial score (nSPS) is 17.5. The fourth-order valence-electron chi connectivity index (χ4n) is 4.39. The van der Waals surface area contributed by atoms with E-state index in [1.165, 1.54) is 18.9 Å². The van der Waals surface area contributed by atoms with Crippen LogP contribution >= 0.6 is 27.7 Å². The molecule has 0 radical (unpaired) electrons. The summed E-state index contributed by atoms with van der Waals surface area (Å²) in [6.45, 7) is 0. The molecule has 0 fully saturated rings. The Labute approximate surface area is 216 Å². The van der Waals surface area contributed by atoms with Crippen molar-refractivity contribution in [3.8, 4) is 12.1 Å². The SMILES string of the molecule is COC(=O)C1=C(CSc2nc3c(cc2C#N)CCCCC3)OC(N)=C(C#N)C1c1cccc(Br)c1. The molecule has 0 spiro atoms. The van der Waals surface area contributed by atoms with Crippen LogP contribution in [-0.2, 0) is 27.1 Å². The van der Waals surface area contributed by atoms with Crippen LogP contribution in [0.1, 0.15) is 47.6 Å². The lowest BCUT2D eigenvalue weighted by atomic mass is 9.83. The molecule has 2 aromatic rings. The van der Waals surface area contributed by atoms with Crippen LogP contribution < -0.4 is 5.73 Å². The van der Waals surface area contributed by atoms with Crippen LogP contribution in [0, 0.1) is 22.7 Å². The summed E-state index contributed by atoms with van der Waals surface area (Å²) in [5, 5.41) is 20.2. The lowest BCUT2D eigenvalue weighted by Gasteiger charge is -2.28. The number of pyridine rings is 1. The number of methoxy groups -OCH3 is 1. The van der Waals surface area contributed by atoms with E-state index < -0.39 is 11.9 Å². The number of nitrogens with zero attached hydrogens (tertiary/aromatic N) is 3. The summed E-state index contributed by atoms with van der Waals surface area (Å²) >= 11 is 4.76. The number of allylic oxidation sites excluding steroid dienone is 1. The monoisotopic (exact) mass is 550 g/mol. The zero-order valence-electron chi connectivity index (χ0n) is 19.1. The van der Waals surface area contributed by atoms with Gasteiger partial charge in [-0.3, -0.25) is 0 Å². The number of halogens is 1. The van der Waals surface area contributed by atoms with Crippen LogP contribution in [0.5, 0.6) is 0 Å². The maximum Gasteiger partial charge on any atom is 0.338 e. The Morgan fingerprint density at radius 1 is 1.26 bits per heavy atom. The van der Waals surface area contributed by atoms with E-state index in [0.717, 1.165) is 47.8 Å². The fraction of sp³-hybridized carbons (Fsp3) is 0.308. The first kappa shape index (κ1) is 24.8. The Kier molecular flexibility index (Phi) is 7.80. The molecule has 1 aromatic carbocycles. The highest BCUT2D eigenvalue weighted by Gasteiger charge is 2.37. The molecule has 2 N–H and O–H groups in total. The van der Waals surface area contributed by atoms with Crippen LogP contribution in [0.2, 0.25) is 0 Å². The summed E-state index contributed by atoms with van der Waals surface area (Å²) in [5.41, 5.74) is 9.84. The number of benzene rings is 1. The molecule has 2 heterocycles. The average Bonchev–Trinajstić information content (AvgIpc) is 3.10. The number of aryl methyl sites for hydroxylation is 2. The highest BCUT2D eigenvalue weighted by molar-refractivity contribution is 9.10. The van der Waals surface area contributed by atoms with E-state index in [9.17, 15) is 15.3 Å². The minimum absolute atomic E-state index is 0.0591. The number of aromatic nitrogens is 1. The second-order valence-electron chi connectivity index (χ2n) is 8.22. The van der Waals surface area contributed by atoms with E-state index in [-0.39, 0.29) is 28.5 Å². The fourth-order valence-corrected chi connectivity index (χ4v) is 5.73. The van der Waals surface area contributed by atoms with Gasteiger partial charge in [0.05, 0.1) is 29.9 Å². The number of hydrogen-bond donors (Lipinski definition) is 1. The molecule has 0 saturated heterocycles. The van der Waals surface area contributed by atoms with Crippen molar-refractivity contribution in [3.05, 3.63) is 80.0 Å². The molecule has 1 atom stereocenters. The van der Waals surface area contributed by atoms with Crippen molar-refractivity contribution in [2.45, 2.75) is 43.0 Å². The summed E-state index contributed by atoms with van der Waals surface area (Å²) in [6.07, 6.45) is 5.12. The summed E-state index contributed by atoms with van der Waals surface area (Å²) < 4.78 is 11.7. The number of ether oxygens (including phenoxy) is 2. The van der Waals surface area contributed by atoms with E-state index in [1.54, 1.807) is 0 Å². The quantitative estimate of drug-likeness (QED) is 0.313. The third-order valence-electron chi connectivity index (χ3n) is 6.06. The summed E-state index contributed by atoms with van der Waals surface area (Å²) in [4.78, 5) is 17.8. The van der Waals surface area contributed by atoms with Crippen molar-refractivity contribution in [1.82, 2.24) is 4.98 Å².